The van der Waals surface area contributed by atoms with Crippen molar-refractivity contribution in [3.05, 3.63) is 52.8 Å². The molecule has 2 N–H and O–H groups in total. The Hall–Kier alpha value is -2.80. The van der Waals surface area contributed by atoms with Gasteiger partial charge in [0.25, 0.3) is 11.8 Å². The number of nitrogens with zero attached hydrogens (tertiary/aromatic N) is 1. The van der Waals surface area contributed by atoms with Crippen molar-refractivity contribution in [3.63, 3.8) is 0 Å². The molecule has 1 aromatic carbocycles. The minimum absolute atomic E-state index is 0.270. The van der Waals surface area contributed by atoms with E-state index in [0.29, 0.717) is 29.6 Å². The van der Waals surface area contributed by atoms with Crippen LogP contribution in [0.5, 0.6) is 11.5 Å². The van der Waals surface area contributed by atoms with E-state index in [0.717, 1.165) is 6.42 Å². The number of methoxy groups -OCH3 is 1. The summed E-state index contributed by atoms with van der Waals surface area (Å²) in [5, 5.41) is 0.276. The highest BCUT2D eigenvalue weighted by Gasteiger charge is 2.13. The molecular weight excluding hydrogens is 370 g/mol. The summed E-state index contributed by atoms with van der Waals surface area (Å²) in [4.78, 5) is 28.1. The van der Waals surface area contributed by atoms with Crippen molar-refractivity contribution < 1.29 is 19.1 Å². The molecule has 0 spiro atoms. The van der Waals surface area contributed by atoms with E-state index in [4.69, 9.17) is 21.1 Å². The van der Waals surface area contributed by atoms with Crippen LogP contribution in [0.4, 0.5) is 0 Å². The van der Waals surface area contributed by atoms with Gasteiger partial charge < -0.3 is 9.47 Å². The van der Waals surface area contributed by atoms with Gasteiger partial charge in [-0.2, -0.15) is 0 Å². The van der Waals surface area contributed by atoms with E-state index in [2.05, 4.69) is 29.7 Å². The van der Waals surface area contributed by atoms with Crippen molar-refractivity contribution in [3.8, 4) is 11.5 Å². The van der Waals surface area contributed by atoms with Gasteiger partial charge in [-0.25, -0.2) is 4.98 Å². The molecule has 1 aromatic heterocycles. The second kappa shape index (κ2) is 9.78. The van der Waals surface area contributed by atoms with Crippen LogP contribution >= 0.6 is 11.6 Å². The number of hydrogen-bond donors (Lipinski definition) is 2. The van der Waals surface area contributed by atoms with Gasteiger partial charge in [0.1, 0.15) is 5.15 Å². The lowest BCUT2D eigenvalue weighted by Gasteiger charge is -2.13. The van der Waals surface area contributed by atoms with E-state index in [1.165, 1.54) is 25.4 Å². The third-order valence-electron chi connectivity index (χ3n) is 3.66. The van der Waals surface area contributed by atoms with Gasteiger partial charge >= 0.3 is 0 Å². The number of hydrazine groups is 1. The van der Waals surface area contributed by atoms with Gasteiger partial charge in [0.05, 0.1) is 19.3 Å². The van der Waals surface area contributed by atoms with Crippen LogP contribution < -0.4 is 20.3 Å². The molecule has 0 unspecified atom stereocenters. The zero-order valence-electron chi connectivity index (χ0n) is 15.4. The van der Waals surface area contributed by atoms with Gasteiger partial charge in [-0.3, -0.25) is 20.4 Å². The Bertz CT molecular complexity index is 794. The maximum atomic E-state index is 12.3. The molecule has 0 fully saturated rings. The Kier molecular flexibility index (Phi) is 7.43. The number of aromatic nitrogens is 1. The van der Waals surface area contributed by atoms with E-state index in [-0.39, 0.29) is 10.7 Å². The summed E-state index contributed by atoms with van der Waals surface area (Å²) in [5.74, 6) is 0.538. The number of nitrogens with one attached hydrogen (secondary N) is 2. The fraction of sp³-hybridized carbons (Fsp3) is 0.316. The summed E-state index contributed by atoms with van der Waals surface area (Å²) in [7, 11) is 1.50. The van der Waals surface area contributed by atoms with Crippen molar-refractivity contribution >= 4 is 23.4 Å². The third kappa shape index (κ3) is 6.14. The molecule has 2 amide bonds. The quantitative estimate of drug-likeness (QED) is 0.558. The van der Waals surface area contributed by atoms with Crippen LogP contribution in [-0.2, 0) is 0 Å². The number of hydrogen-bond acceptors (Lipinski definition) is 5. The molecule has 0 radical (unpaired) electrons. The summed E-state index contributed by atoms with van der Waals surface area (Å²) >= 11 is 5.68. The van der Waals surface area contributed by atoms with Crippen molar-refractivity contribution in [1.29, 1.82) is 0 Å². The van der Waals surface area contributed by atoms with Crippen molar-refractivity contribution in [2.75, 3.05) is 13.7 Å². The Morgan fingerprint density at radius 3 is 2.33 bits per heavy atom. The molecule has 1 heterocycles. The molecule has 0 aliphatic heterocycles. The van der Waals surface area contributed by atoms with Crippen LogP contribution in [0.1, 0.15) is 41.0 Å². The normalized spacial score (nSPS) is 10.4. The third-order valence-corrected chi connectivity index (χ3v) is 3.88. The zero-order chi connectivity index (χ0) is 19.8. The number of carbonyl (C=O) groups is 2. The molecule has 8 heteroatoms. The van der Waals surface area contributed by atoms with Gasteiger partial charge in [0, 0.05) is 11.8 Å². The van der Waals surface area contributed by atoms with Crippen LogP contribution in [0.3, 0.4) is 0 Å². The number of carbonyl (C=O) groups excluding carboxylic acids is 2. The summed E-state index contributed by atoms with van der Waals surface area (Å²) in [6, 6.07) is 7.80. The van der Waals surface area contributed by atoms with Gasteiger partial charge in [0.15, 0.2) is 11.5 Å². The molecule has 0 aliphatic rings. The molecule has 27 heavy (non-hydrogen) atoms. The predicted molar refractivity (Wildman–Crippen MR) is 102 cm³/mol. The SMILES string of the molecule is COc1cc(C(=O)NNC(=O)c2ccc(Cl)nc2)ccc1OCCC(C)C. The lowest BCUT2D eigenvalue weighted by atomic mass is 10.1. The van der Waals surface area contributed by atoms with Gasteiger partial charge in [-0.1, -0.05) is 25.4 Å². The van der Waals surface area contributed by atoms with Crippen LogP contribution in [0.2, 0.25) is 5.15 Å². The molecule has 2 rings (SSSR count). The standard InChI is InChI=1S/C19H22ClN3O4/c1-12(2)8-9-27-15-6-4-13(10-16(15)26-3)18(24)22-23-19(25)14-5-7-17(20)21-11-14/h4-7,10-12H,8-9H2,1-3H3,(H,22,24)(H,23,25). The van der Waals surface area contributed by atoms with Crippen molar-refractivity contribution in [1.82, 2.24) is 15.8 Å². The molecule has 0 saturated heterocycles. The molecule has 0 saturated carbocycles. The Morgan fingerprint density at radius 2 is 1.74 bits per heavy atom. The largest absolute Gasteiger partial charge is 0.493 e. The smallest absolute Gasteiger partial charge is 0.271 e. The first-order valence-electron chi connectivity index (χ1n) is 8.43. The Labute approximate surface area is 163 Å². The Balaban J connectivity index is 1.97. The summed E-state index contributed by atoms with van der Waals surface area (Å²) < 4.78 is 11.0. The highest BCUT2D eigenvalue weighted by atomic mass is 35.5. The van der Waals surface area contributed by atoms with Gasteiger partial charge in [-0.15, -0.1) is 0 Å². The minimum atomic E-state index is -0.506. The predicted octanol–water partition coefficient (Wildman–Crippen LogP) is 3.24. The van der Waals surface area contributed by atoms with Gasteiger partial charge in [-0.05, 0) is 42.7 Å². The number of halogens is 1. The average molecular weight is 392 g/mol. The first-order chi connectivity index (χ1) is 12.9. The highest BCUT2D eigenvalue weighted by molar-refractivity contribution is 6.29. The maximum Gasteiger partial charge on any atom is 0.271 e. The average Bonchev–Trinajstić information content (AvgIpc) is 2.66. The van der Waals surface area contributed by atoms with E-state index in [1.54, 1.807) is 18.2 Å². The topological polar surface area (TPSA) is 89.6 Å². The monoisotopic (exact) mass is 391 g/mol. The zero-order valence-corrected chi connectivity index (χ0v) is 16.2. The number of amides is 2. The van der Waals surface area contributed by atoms with Crippen LogP contribution in [0.25, 0.3) is 0 Å². The van der Waals surface area contributed by atoms with Crippen LogP contribution in [0.15, 0.2) is 36.5 Å². The lowest BCUT2D eigenvalue weighted by molar-refractivity contribution is 0.0846. The van der Waals surface area contributed by atoms with E-state index >= 15 is 0 Å². The fourth-order valence-corrected chi connectivity index (χ4v) is 2.21. The number of ether oxygens (including phenoxy) is 2. The number of benzene rings is 1. The summed E-state index contributed by atoms with van der Waals surface area (Å²) in [6.45, 7) is 4.79. The first-order valence-corrected chi connectivity index (χ1v) is 8.81. The second-order valence-corrected chi connectivity index (χ2v) is 6.56. The summed E-state index contributed by atoms with van der Waals surface area (Å²) in [6.07, 6.45) is 2.23. The van der Waals surface area contributed by atoms with E-state index in [9.17, 15) is 9.59 Å². The molecule has 144 valence electrons. The number of pyridine rings is 1. The van der Waals surface area contributed by atoms with Crippen LogP contribution in [-0.4, -0.2) is 30.5 Å². The molecular formula is C19H22ClN3O4. The molecule has 0 bridgehead atoms. The highest BCUT2D eigenvalue weighted by Crippen LogP contribution is 2.28. The van der Waals surface area contributed by atoms with E-state index < -0.39 is 11.8 Å². The molecule has 2 aromatic rings. The van der Waals surface area contributed by atoms with Gasteiger partial charge in [0.2, 0.25) is 0 Å². The maximum absolute atomic E-state index is 12.3. The summed E-state index contributed by atoms with van der Waals surface area (Å²) in [5.41, 5.74) is 5.25. The van der Waals surface area contributed by atoms with Crippen molar-refractivity contribution in [2.24, 2.45) is 5.92 Å². The minimum Gasteiger partial charge on any atom is -0.493 e. The lowest BCUT2D eigenvalue weighted by Crippen LogP contribution is -2.41. The second-order valence-electron chi connectivity index (χ2n) is 6.17. The van der Waals surface area contributed by atoms with E-state index in [1.807, 2.05) is 0 Å². The molecule has 7 nitrogen and oxygen atoms in total. The fourth-order valence-electron chi connectivity index (χ4n) is 2.10. The Morgan fingerprint density at radius 1 is 1.07 bits per heavy atom. The number of rotatable bonds is 7. The molecule has 0 atom stereocenters. The molecule has 0 aliphatic carbocycles. The first kappa shape index (κ1) is 20.5. The van der Waals surface area contributed by atoms with Crippen molar-refractivity contribution in [2.45, 2.75) is 20.3 Å². The van der Waals surface area contributed by atoms with Crippen LogP contribution in [0, 0.1) is 5.92 Å².